The van der Waals surface area contributed by atoms with Crippen LogP contribution in [0.3, 0.4) is 0 Å². The molecule has 0 saturated heterocycles. The monoisotopic (exact) mass is 455 g/mol. The van der Waals surface area contributed by atoms with Gasteiger partial charge in [-0.25, -0.2) is 0 Å². The highest BCUT2D eigenvalue weighted by Gasteiger charge is 2.23. The third-order valence-electron chi connectivity index (χ3n) is 5.73. The third kappa shape index (κ3) is 4.76. The first-order valence-electron chi connectivity index (χ1n) is 11.0. The minimum Gasteiger partial charge on any atom is -0.469 e. The van der Waals surface area contributed by atoms with Gasteiger partial charge in [-0.15, -0.1) is 0 Å². The van der Waals surface area contributed by atoms with E-state index in [1.165, 1.54) is 7.11 Å². The van der Waals surface area contributed by atoms with Crippen LogP contribution >= 0.6 is 0 Å². The molecule has 4 rings (SSSR count). The lowest BCUT2D eigenvalue weighted by atomic mass is 10.0. The number of amides is 1. The fourth-order valence-corrected chi connectivity index (χ4v) is 3.90. The molecule has 0 fully saturated rings. The maximum absolute atomic E-state index is 13.7. The predicted octanol–water partition coefficient (Wildman–Crippen LogP) is 4.97. The van der Waals surface area contributed by atoms with Gasteiger partial charge in [-0.2, -0.15) is 0 Å². The van der Waals surface area contributed by atoms with Gasteiger partial charge in [0.2, 0.25) is 0 Å². The number of rotatable bonds is 7. The first-order valence-corrected chi connectivity index (χ1v) is 11.0. The average molecular weight is 456 g/mol. The second kappa shape index (κ2) is 10.2. The summed E-state index contributed by atoms with van der Waals surface area (Å²) in [6, 6.07) is 23.8. The van der Waals surface area contributed by atoms with Crippen molar-refractivity contribution in [3.8, 4) is 11.3 Å². The summed E-state index contributed by atoms with van der Waals surface area (Å²) >= 11 is 0. The minimum absolute atomic E-state index is 0.0537. The molecule has 0 bridgehead atoms. The Morgan fingerprint density at radius 2 is 1.59 bits per heavy atom. The molecular formula is C28H25NO5. The molecule has 34 heavy (non-hydrogen) atoms. The molecule has 0 saturated carbocycles. The average Bonchev–Trinajstić information content (AvgIpc) is 2.88. The normalized spacial score (nSPS) is 10.8. The Balaban J connectivity index is 1.80. The number of hydrogen-bond acceptors (Lipinski definition) is 5. The second-order valence-corrected chi connectivity index (χ2v) is 7.97. The number of fused-ring (bicyclic) bond motifs is 1. The standard InChI is InChI=1S/C28H25NO5/c1-19-25(31)22-14-9-15-23(27(22)34-26(19)21-12-7-4-8-13-21)28(32)29(17-16-24(30)33-2)18-20-10-5-3-6-11-20/h3-15H,16-18H2,1-2H3. The lowest BCUT2D eigenvalue weighted by Crippen LogP contribution is -2.33. The van der Waals surface area contributed by atoms with Crippen LogP contribution in [0.25, 0.3) is 22.3 Å². The van der Waals surface area contributed by atoms with Gasteiger partial charge in [0.25, 0.3) is 5.91 Å². The largest absolute Gasteiger partial charge is 0.469 e. The summed E-state index contributed by atoms with van der Waals surface area (Å²) in [6.45, 7) is 2.19. The van der Waals surface area contributed by atoms with E-state index >= 15 is 0 Å². The Morgan fingerprint density at radius 3 is 2.26 bits per heavy atom. The molecule has 0 aliphatic carbocycles. The van der Waals surface area contributed by atoms with Crippen LogP contribution in [0.1, 0.15) is 27.9 Å². The summed E-state index contributed by atoms with van der Waals surface area (Å²) in [5.41, 5.74) is 2.48. The summed E-state index contributed by atoms with van der Waals surface area (Å²) in [6.07, 6.45) is 0.0537. The molecule has 172 valence electrons. The van der Waals surface area contributed by atoms with Gasteiger partial charge in [0.15, 0.2) is 11.0 Å². The Labute approximate surface area is 197 Å². The Bertz CT molecular complexity index is 1380. The van der Waals surface area contributed by atoms with Gasteiger partial charge < -0.3 is 14.1 Å². The summed E-state index contributed by atoms with van der Waals surface area (Å²) in [5, 5.41) is 0.343. The van der Waals surface area contributed by atoms with Crippen LogP contribution in [-0.2, 0) is 16.1 Å². The van der Waals surface area contributed by atoms with Gasteiger partial charge in [-0.3, -0.25) is 14.4 Å². The highest BCUT2D eigenvalue weighted by atomic mass is 16.5. The fraction of sp³-hybridized carbons (Fsp3) is 0.179. The smallest absolute Gasteiger partial charge is 0.307 e. The van der Waals surface area contributed by atoms with E-state index < -0.39 is 5.97 Å². The third-order valence-corrected chi connectivity index (χ3v) is 5.73. The number of esters is 1. The number of hydrogen-bond donors (Lipinski definition) is 0. The van der Waals surface area contributed by atoms with Gasteiger partial charge >= 0.3 is 5.97 Å². The fourth-order valence-electron chi connectivity index (χ4n) is 3.90. The number of benzene rings is 3. The van der Waals surface area contributed by atoms with Crippen molar-refractivity contribution in [1.82, 2.24) is 4.90 Å². The van der Waals surface area contributed by atoms with Crippen molar-refractivity contribution < 1.29 is 18.7 Å². The molecule has 0 N–H and O–H groups in total. The van der Waals surface area contributed by atoms with Gasteiger partial charge in [-0.05, 0) is 24.6 Å². The van der Waals surface area contributed by atoms with E-state index in [9.17, 15) is 14.4 Å². The SMILES string of the molecule is COC(=O)CCN(Cc1ccccc1)C(=O)c1cccc2c(=O)c(C)c(-c3ccccc3)oc12. The maximum Gasteiger partial charge on any atom is 0.307 e. The topological polar surface area (TPSA) is 76.8 Å². The molecule has 4 aromatic rings. The van der Waals surface area contributed by atoms with Crippen LogP contribution in [0.5, 0.6) is 0 Å². The van der Waals surface area contributed by atoms with E-state index in [0.717, 1.165) is 11.1 Å². The highest BCUT2D eigenvalue weighted by molar-refractivity contribution is 6.05. The van der Waals surface area contributed by atoms with Crippen LogP contribution in [0.2, 0.25) is 0 Å². The van der Waals surface area contributed by atoms with Crippen molar-refractivity contribution in [2.24, 2.45) is 0 Å². The quantitative estimate of drug-likeness (QED) is 0.368. The Kier molecular flexibility index (Phi) is 6.87. The van der Waals surface area contributed by atoms with E-state index in [-0.39, 0.29) is 35.4 Å². The van der Waals surface area contributed by atoms with Crippen molar-refractivity contribution in [2.45, 2.75) is 19.9 Å². The maximum atomic E-state index is 13.7. The summed E-state index contributed by atoms with van der Waals surface area (Å²) in [7, 11) is 1.32. The molecule has 1 heterocycles. The number of carbonyl (C=O) groups excluding carboxylic acids is 2. The summed E-state index contributed by atoms with van der Waals surface area (Å²) in [5.74, 6) is -0.302. The highest BCUT2D eigenvalue weighted by Crippen LogP contribution is 2.28. The van der Waals surface area contributed by atoms with Crippen LogP contribution in [0, 0.1) is 6.92 Å². The van der Waals surface area contributed by atoms with Gasteiger partial charge in [-0.1, -0.05) is 66.7 Å². The van der Waals surface area contributed by atoms with Crippen molar-refractivity contribution in [2.75, 3.05) is 13.7 Å². The van der Waals surface area contributed by atoms with Crippen molar-refractivity contribution in [1.29, 1.82) is 0 Å². The van der Waals surface area contributed by atoms with Crippen LogP contribution in [-0.4, -0.2) is 30.4 Å². The van der Waals surface area contributed by atoms with Crippen LogP contribution in [0.15, 0.2) is 88.1 Å². The van der Waals surface area contributed by atoms with Gasteiger partial charge in [0.1, 0.15) is 5.76 Å². The number of methoxy groups -OCH3 is 1. The number of carbonyl (C=O) groups is 2. The first kappa shape index (κ1) is 23.0. The van der Waals surface area contributed by atoms with Crippen molar-refractivity contribution in [3.05, 3.63) is 106 Å². The molecule has 6 nitrogen and oxygen atoms in total. The zero-order chi connectivity index (χ0) is 24.1. The van der Waals surface area contributed by atoms with E-state index in [1.54, 1.807) is 30.0 Å². The minimum atomic E-state index is -0.405. The lowest BCUT2D eigenvalue weighted by molar-refractivity contribution is -0.140. The van der Waals surface area contributed by atoms with Gasteiger partial charge in [0.05, 0.1) is 24.5 Å². The van der Waals surface area contributed by atoms with Crippen molar-refractivity contribution in [3.63, 3.8) is 0 Å². The molecule has 0 atom stereocenters. The molecule has 6 heteroatoms. The lowest BCUT2D eigenvalue weighted by Gasteiger charge is -2.23. The van der Waals surface area contributed by atoms with E-state index in [1.807, 2.05) is 60.7 Å². The van der Waals surface area contributed by atoms with E-state index in [4.69, 9.17) is 9.15 Å². The van der Waals surface area contributed by atoms with Gasteiger partial charge in [0, 0.05) is 24.2 Å². The molecule has 3 aromatic carbocycles. The molecule has 0 unspecified atom stereocenters. The Morgan fingerprint density at radius 1 is 0.912 bits per heavy atom. The molecule has 0 aliphatic rings. The predicted molar refractivity (Wildman–Crippen MR) is 130 cm³/mol. The second-order valence-electron chi connectivity index (χ2n) is 7.97. The van der Waals surface area contributed by atoms with Crippen LogP contribution < -0.4 is 5.43 Å². The molecule has 0 radical (unpaired) electrons. The number of para-hydroxylation sites is 1. The zero-order valence-electron chi connectivity index (χ0n) is 19.1. The summed E-state index contributed by atoms with van der Waals surface area (Å²) < 4.78 is 11.0. The molecule has 1 amide bonds. The molecule has 0 aliphatic heterocycles. The van der Waals surface area contributed by atoms with Crippen molar-refractivity contribution >= 4 is 22.8 Å². The Hall–Kier alpha value is -4.19. The first-order chi connectivity index (χ1) is 16.5. The molecule has 1 aromatic heterocycles. The van der Waals surface area contributed by atoms with E-state index in [2.05, 4.69) is 0 Å². The molecule has 0 spiro atoms. The van der Waals surface area contributed by atoms with Crippen LogP contribution in [0.4, 0.5) is 0 Å². The summed E-state index contributed by atoms with van der Waals surface area (Å²) in [4.78, 5) is 40.3. The zero-order valence-corrected chi connectivity index (χ0v) is 19.1. The number of ether oxygens (including phenoxy) is 1. The van der Waals surface area contributed by atoms with E-state index in [0.29, 0.717) is 23.3 Å². The number of nitrogens with zero attached hydrogens (tertiary/aromatic N) is 1. The molecular weight excluding hydrogens is 430 g/mol.